The Bertz CT molecular complexity index is 1200. The number of aryl methyl sites for hydroxylation is 1. The van der Waals surface area contributed by atoms with Gasteiger partial charge in [0.2, 0.25) is 5.91 Å². The third-order valence-corrected chi connectivity index (χ3v) is 5.68. The maximum atomic E-state index is 13.2. The molecule has 0 spiro atoms. The first-order chi connectivity index (χ1) is 14.7. The Labute approximate surface area is 177 Å². The van der Waals surface area contributed by atoms with Crippen molar-refractivity contribution in [3.05, 3.63) is 75.7 Å². The molecule has 5 nitrogen and oxygen atoms in total. The summed E-state index contributed by atoms with van der Waals surface area (Å²) in [6.07, 6.45) is -2.88. The van der Waals surface area contributed by atoms with Crippen molar-refractivity contribution >= 4 is 16.7 Å². The van der Waals surface area contributed by atoms with E-state index in [9.17, 15) is 22.8 Å². The molecule has 0 N–H and O–H groups in total. The Morgan fingerprint density at radius 1 is 1.16 bits per heavy atom. The van der Waals surface area contributed by atoms with Crippen LogP contribution in [0, 0.1) is 6.92 Å². The zero-order chi connectivity index (χ0) is 22.3. The summed E-state index contributed by atoms with van der Waals surface area (Å²) in [5.41, 5.74) is -0.0722. The van der Waals surface area contributed by atoms with Crippen molar-refractivity contribution in [3.63, 3.8) is 0 Å². The predicted octanol–water partition coefficient (Wildman–Crippen LogP) is 4.48. The summed E-state index contributed by atoms with van der Waals surface area (Å²) in [4.78, 5) is 27.6. The molecule has 1 fully saturated rings. The molecule has 1 aliphatic carbocycles. The molecule has 0 radical (unpaired) electrons. The van der Waals surface area contributed by atoms with Gasteiger partial charge in [0.05, 0.1) is 22.7 Å². The topological polar surface area (TPSA) is 55.2 Å². The first-order valence-corrected chi connectivity index (χ1v) is 10.1. The second-order valence-corrected chi connectivity index (χ2v) is 7.93. The molecule has 1 unspecified atom stereocenters. The second-order valence-electron chi connectivity index (χ2n) is 7.93. The molecule has 0 saturated heterocycles. The number of fused-ring (bicyclic) bond motifs is 1. The summed E-state index contributed by atoms with van der Waals surface area (Å²) in [6.45, 7) is 3.23. The van der Waals surface area contributed by atoms with E-state index in [1.54, 1.807) is 43.0 Å². The fourth-order valence-corrected chi connectivity index (χ4v) is 3.95. The summed E-state index contributed by atoms with van der Waals surface area (Å²) < 4.78 is 40.5. The third kappa shape index (κ3) is 4.19. The molecule has 1 aromatic heterocycles. The smallest absolute Gasteiger partial charge is 0.331 e. The lowest BCUT2D eigenvalue weighted by Crippen LogP contribution is -2.40. The highest BCUT2D eigenvalue weighted by atomic mass is 19.4. The number of carbonyl (C=O) groups excluding carboxylic acids is 1. The lowest BCUT2D eigenvalue weighted by molar-refractivity contribution is -0.137. The Morgan fingerprint density at radius 2 is 1.84 bits per heavy atom. The second kappa shape index (κ2) is 7.83. The number of amides is 1. The van der Waals surface area contributed by atoms with Crippen molar-refractivity contribution in [3.8, 4) is 0 Å². The van der Waals surface area contributed by atoms with Crippen LogP contribution >= 0.6 is 0 Å². The van der Waals surface area contributed by atoms with Crippen molar-refractivity contribution < 1.29 is 18.0 Å². The van der Waals surface area contributed by atoms with Crippen molar-refractivity contribution in [1.29, 1.82) is 0 Å². The fourth-order valence-electron chi connectivity index (χ4n) is 3.95. The van der Waals surface area contributed by atoms with E-state index in [0.29, 0.717) is 16.6 Å². The van der Waals surface area contributed by atoms with Crippen molar-refractivity contribution in [2.75, 3.05) is 0 Å². The third-order valence-electron chi connectivity index (χ3n) is 5.68. The van der Waals surface area contributed by atoms with Gasteiger partial charge in [-0.05, 0) is 50.5 Å². The Morgan fingerprint density at radius 3 is 2.48 bits per heavy atom. The molecule has 162 valence electrons. The first kappa shape index (κ1) is 21.1. The number of nitrogens with zero attached hydrogens (tertiary/aromatic N) is 3. The first-order valence-electron chi connectivity index (χ1n) is 10.1. The summed E-state index contributed by atoms with van der Waals surface area (Å²) in [7, 11) is 0. The zero-order valence-corrected chi connectivity index (χ0v) is 17.2. The molecule has 1 atom stereocenters. The summed E-state index contributed by atoms with van der Waals surface area (Å²) in [5, 5.41) is 5.50. The average Bonchev–Trinajstić information content (AvgIpc) is 3.56. The zero-order valence-electron chi connectivity index (χ0n) is 17.2. The normalized spacial score (nSPS) is 15.1. The Balaban J connectivity index is 1.64. The SMILES string of the molecule is Cc1nn(CC(=O)N(C2CC2)C(C)c2cccc(C(F)(F)F)c2)c(=O)c2ccccc12. The number of halogens is 3. The molecule has 3 aromatic rings. The lowest BCUT2D eigenvalue weighted by atomic mass is 10.0. The van der Waals surface area contributed by atoms with Crippen LogP contribution in [0.25, 0.3) is 10.8 Å². The van der Waals surface area contributed by atoms with E-state index < -0.39 is 17.8 Å². The standard InChI is InChI=1S/C23H22F3N3O2/c1-14-19-8-3-4-9-20(19)22(31)28(27-14)13-21(30)29(18-10-11-18)15(2)16-6-5-7-17(12-16)23(24,25)26/h3-9,12,15,18H,10-11,13H2,1-2H3. The Kier molecular flexibility index (Phi) is 5.33. The highest BCUT2D eigenvalue weighted by Crippen LogP contribution is 2.36. The maximum Gasteiger partial charge on any atom is 0.416 e. The molecular weight excluding hydrogens is 407 g/mol. The van der Waals surface area contributed by atoms with Gasteiger partial charge in [-0.1, -0.05) is 30.3 Å². The molecular formula is C23H22F3N3O2. The summed E-state index contributed by atoms with van der Waals surface area (Å²) in [6, 6.07) is 11.5. The minimum atomic E-state index is -4.45. The molecule has 4 rings (SSSR count). The summed E-state index contributed by atoms with van der Waals surface area (Å²) in [5.74, 6) is -0.336. The molecule has 1 aliphatic rings. The largest absolute Gasteiger partial charge is 0.416 e. The molecule has 0 bridgehead atoms. The average molecular weight is 429 g/mol. The van der Waals surface area contributed by atoms with Crippen LogP contribution in [0.15, 0.2) is 53.3 Å². The van der Waals surface area contributed by atoms with Crippen LogP contribution in [-0.2, 0) is 17.5 Å². The van der Waals surface area contributed by atoms with E-state index in [4.69, 9.17) is 0 Å². The molecule has 8 heteroatoms. The molecule has 31 heavy (non-hydrogen) atoms. The number of rotatable bonds is 5. The van der Waals surface area contributed by atoms with Crippen LogP contribution in [0.2, 0.25) is 0 Å². The van der Waals surface area contributed by atoms with Crippen LogP contribution in [0.5, 0.6) is 0 Å². The van der Waals surface area contributed by atoms with Crippen molar-refractivity contribution in [1.82, 2.24) is 14.7 Å². The predicted molar refractivity (Wildman–Crippen MR) is 110 cm³/mol. The fraction of sp³-hybridized carbons (Fsp3) is 0.348. The van der Waals surface area contributed by atoms with Gasteiger partial charge in [0, 0.05) is 11.4 Å². The van der Waals surface area contributed by atoms with Crippen molar-refractivity contribution in [2.24, 2.45) is 0 Å². The lowest BCUT2D eigenvalue weighted by Gasteiger charge is -2.30. The minimum Gasteiger partial charge on any atom is -0.331 e. The van der Waals surface area contributed by atoms with Crippen LogP contribution in [0.3, 0.4) is 0 Å². The highest BCUT2D eigenvalue weighted by molar-refractivity contribution is 5.84. The quantitative estimate of drug-likeness (QED) is 0.601. The number of hydrogen-bond acceptors (Lipinski definition) is 3. The van der Waals surface area contributed by atoms with Gasteiger partial charge in [-0.2, -0.15) is 18.3 Å². The number of benzene rings is 2. The van der Waals surface area contributed by atoms with E-state index in [-0.39, 0.29) is 24.1 Å². The highest BCUT2D eigenvalue weighted by Gasteiger charge is 2.37. The van der Waals surface area contributed by atoms with Crippen LogP contribution in [0.1, 0.15) is 42.6 Å². The molecule has 1 amide bonds. The van der Waals surface area contributed by atoms with Gasteiger partial charge in [0.25, 0.3) is 5.56 Å². The van der Waals surface area contributed by atoms with Gasteiger partial charge in [-0.25, -0.2) is 4.68 Å². The van der Waals surface area contributed by atoms with E-state index in [1.807, 2.05) is 6.07 Å². The number of alkyl halides is 3. The number of hydrogen-bond donors (Lipinski definition) is 0. The number of aromatic nitrogens is 2. The monoisotopic (exact) mass is 429 g/mol. The Hall–Kier alpha value is -3.16. The maximum absolute atomic E-state index is 13.2. The van der Waals surface area contributed by atoms with Crippen LogP contribution in [-0.4, -0.2) is 26.6 Å². The van der Waals surface area contributed by atoms with Gasteiger partial charge >= 0.3 is 6.18 Å². The van der Waals surface area contributed by atoms with E-state index in [2.05, 4.69) is 5.10 Å². The van der Waals surface area contributed by atoms with Gasteiger partial charge < -0.3 is 4.90 Å². The number of carbonyl (C=O) groups is 1. The van der Waals surface area contributed by atoms with Gasteiger partial charge in [-0.3, -0.25) is 9.59 Å². The van der Waals surface area contributed by atoms with Crippen molar-refractivity contribution in [2.45, 2.75) is 51.5 Å². The van der Waals surface area contributed by atoms with E-state index in [0.717, 1.165) is 35.0 Å². The van der Waals surface area contributed by atoms with Gasteiger partial charge in [0.15, 0.2) is 0 Å². The van der Waals surface area contributed by atoms with Gasteiger partial charge in [0.1, 0.15) is 6.54 Å². The van der Waals surface area contributed by atoms with E-state index in [1.165, 1.54) is 6.07 Å². The molecule has 1 heterocycles. The van der Waals surface area contributed by atoms with Crippen LogP contribution in [0.4, 0.5) is 13.2 Å². The molecule has 0 aliphatic heterocycles. The van der Waals surface area contributed by atoms with Gasteiger partial charge in [-0.15, -0.1) is 0 Å². The van der Waals surface area contributed by atoms with Crippen LogP contribution < -0.4 is 5.56 Å². The molecule has 2 aromatic carbocycles. The minimum absolute atomic E-state index is 0.0469. The summed E-state index contributed by atoms with van der Waals surface area (Å²) >= 11 is 0. The molecule has 1 saturated carbocycles. The van der Waals surface area contributed by atoms with E-state index >= 15 is 0 Å².